The van der Waals surface area contributed by atoms with Gasteiger partial charge in [-0.15, -0.1) is 0 Å². The van der Waals surface area contributed by atoms with Crippen molar-refractivity contribution in [3.63, 3.8) is 0 Å². The Morgan fingerprint density at radius 1 is 1.06 bits per heavy atom. The molecule has 4 aromatic rings. The van der Waals surface area contributed by atoms with Crippen LogP contribution in [0.25, 0.3) is 26.2 Å². The number of nitrogens with zero attached hydrogens (tertiary/aromatic N) is 3. The molecule has 0 fully saturated rings. The van der Waals surface area contributed by atoms with Crippen molar-refractivity contribution >= 4 is 37.5 Å². The largest absolute Gasteiger partial charge is 0.283 e. The van der Waals surface area contributed by atoms with Gasteiger partial charge in [-0.2, -0.15) is 0 Å². The zero-order valence-corrected chi connectivity index (χ0v) is 9.11. The molecule has 1 aromatic carbocycles. The maximum absolute atomic E-state index is 4.61. The van der Waals surface area contributed by atoms with E-state index in [0.29, 0.717) is 0 Å². The Morgan fingerprint density at radius 3 is 3.00 bits per heavy atom. The molecule has 4 heteroatoms. The van der Waals surface area contributed by atoms with Gasteiger partial charge in [0.1, 0.15) is 0 Å². The quantitative estimate of drug-likeness (QED) is 0.460. The fourth-order valence-electron chi connectivity index (χ4n) is 2.04. The predicted molar refractivity (Wildman–Crippen MR) is 65.9 cm³/mol. The molecule has 3 nitrogen and oxygen atoms in total. The van der Waals surface area contributed by atoms with E-state index >= 15 is 0 Å². The first-order valence-corrected chi connectivity index (χ1v) is 5.85. The summed E-state index contributed by atoms with van der Waals surface area (Å²) in [5.41, 5.74) is 3.39. The third kappa shape index (κ3) is 0.919. The molecular weight excluding hydrogens is 218 g/mol. The first kappa shape index (κ1) is 8.24. The van der Waals surface area contributed by atoms with Crippen LogP contribution < -0.4 is 0 Å². The molecule has 76 valence electrons. The third-order valence-corrected chi connectivity index (χ3v) is 3.73. The van der Waals surface area contributed by atoms with Crippen LogP contribution in [0.2, 0.25) is 0 Å². The van der Waals surface area contributed by atoms with Gasteiger partial charge in [-0.1, -0.05) is 23.5 Å². The lowest BCUT2D eigenvalue weighted by molar-refractivity contribution is 1.31. The number of aromatic nitrogens is 3. The number of para-hydroxylation sites is 2. The zero-order chi connectivity index (χ0) is 10.5. The van der Waals surface area contributed by atoms with Crippen molar-refractivity contribution in [1.82, 2.24) is 14.4 Å². The van der Waals surface area contributed by atoms with Gasteiger partial charge in [0.15, 0.2) is 4.96 Å². The number of imidazole rings is 1. The lowest BCUT2D eigenvalue weighted by atomic mass is 10.3. The molecule has 4 rings (SSSR count). The summed E-state index contributed by atoms with van der Waals surface area (Å²) in [6.45, 7) is 0. The van der Waals surface area contributed by atoms with Crippen LogP contribution in [0.15, 0.2) is 42.7 Å². The van der Waals surface area contributed by atoms with Gasteiger partial charge in [-0.25, -0.2) is 4.98 Å². The van der Waals surface area contributed by atoms with Crippen LogP contribution in [0, 0.1) is 0 Å². The molecular formula is C12H7N3S. The van der Waals surface area contributed by atoms with Gasteiger partial charge in [-0.05, 0) is 18.2 Å². The highest BCUT2D eigenvalue weighted by Crippen LogP contribution is 2.29. The number of thiazole rings is 1. The molecule has 0 unspecified atom stereocenters. The van der Waals surface area contributed by atoms with E-state index in [2.05, 4.69) is 20.4 Å². The molecule has 0 saturated carbocycles. The number of benzene rings is 1. The van der Waals surface area contributed by atoms with Crippen LogP contribution in [-0.4, -0.2) is 14.4 Å². The zero-order valence-electron chi connectivity index (χ0n) is 8.29. The predicted octanol–water partition coefficient (Wildman–Crippen LogP) is 3.10. The summed E-state index contributed by atoms with van der Waals surface area (Å²) in [6.07, 6.45) is 3.72. The topological polar surface area (TPSA) is 30.2 Å². The monoisotopic (exact) mass is 225 g/mol. The molecule has 0 aliphatic rings. The molecule has 0 atom stereocenters. The Morgan fingerprint density at radius 2 is 2.00 bits per heavy atom. The van der Waals surface area contributed by atoms with Crippen molar-refractivity contribution < 1.29 is 0 Å². The molecule has 16 heavy (non-hydrogen) atoms. The van der Waals surface area contributed by atoms with E-state index < -0.39 is 0 Å². The van der Waals surface area contributed by atoms with E-state index in [0.717, 1.165) is 16.0 Å². The number of fused-ring (bicyclic) bond motifs is 5. The molecule has 0 spiro atoms. The Bertz CT molecular complexity index is 747. The Kier molecular flexibility index (Phi) is 1.44. The molecule has 0 aliphatic carbocycles. The van der Waals surface area contributed by atoms with E-state index in [1.807, 2.05) is 36.7 Å². The highest BCUT2D eigenvalue weighted by Gasteiger charge is 2.09. The summed E-state index contributed by atoms with van der Waals surface area (Å²) in [6, 6.07) is 10.2. The van der Waals surface area contributed by atoms with Gasteiger partial charge in [0.2, 0.25) is 0 Å². The maximum Gasteiger partial charge on any atom is 0.195 e. The fraction of sp³-hybridized carbons (Fsp3) is 0. The van der Waals surface area contributed by atoms with Crippen LogP contribution in [0.4, 0.5) is 0 Å². The highest BCUT2D eigenvalue weighted by atomic mass is 32.1. The van der Waals surface area contributed by atoms with Crippen molar-refractivity contribution in [1.29, 1.82) is 0 Å². The number of pyridine rings is 1. The van der Waals surface area contributed by atoms with Crippen LogP contribution in [0.1, 0.15) is 0 Å². The summed E-state index contributed by atoms with van der Waals surface area (Å²) in [7, 11) is 0. The average molecular weight is 225 g/mol. The fourth-order valence-corrected chi connectivity index (χ4v) is 3.05. The van der Waals surface area contributed by atoms with E-state index in [1.165, 1.54) is 10.2 Å². The van der Waals surface area contributed by atoms with Gasteiger partial charge in [0.25, 0.3) is 0 Å². The van der Waals surface area contributed by atoms with Crippen LogP contribution >= 0.6 is 11.3 Å². The van der Waals surface area contributed by atoms with Crippen LogP contribution in [-0.2, 0) is 0 Å². The van der Waals surface area contributed by atoms with Crippen molar-refractivity contribution in [2.75, 3.05) is 0 Å². The Labute approximate surface area is 95.0 Å². The summed E-state index contributed by atoms with van der Waals surface area (Å²) >= 11 is 1.68. The van der Waals surface area contributed by atoms with E-state index in [4.69, 9.17) is 0 Å². The third-order valence-electron chi connectivity index (χ3n) is 2.73. The molecule has 3 aromatic heterocycles. The molecule has 0 N–H and O–H groups in total. The maximum atomic E-state index is 4.61. The van der Waals surface area contributed by atoms with Crippen LogP contribution in [0.3, 0.4) is 0 Å². The van der Waals surface area contributed by atoms with Gasteiger partial charge in [0, 0.05) is 12.4 Å². The van der Waals surface area contributed by atoms with E-state index in [1.54, 1.807) is 11.3 Å². The second kappa shape index (κ2) is 2.80. The Hall–Kier alpha value is -1.94. The summed E-state index contributed by atoms with van der Waals surface area (Å²) in [4.78, 5) is 9.77. The lowest BCUT2D eigenvalue weighted by Gasteiger charge is -1.92. The lowest BCUT2D eigenvalue weighted by Crippen LogP contribution is -1.79. The van der Waals surface area contributed by atoms with Crippen molar-refractivity contribution in [2.24, 2.45) is 0 Å². The van der Waals surface area contributed by atoms with Gasteiger partial charge >= 0.3 is 0 Å². The highest BCUT2D eigenvalue weighted by molar-refractivity contribution is 7.23. The minimum Gasteiger partial charge on any atom is -0.283 e. The van der Waals surface area contributed by atoms with Gasteiger partial charge in [-0.3, -0.25) is 9.38 Å². The second-order valence-corrected chi connectivity index (χ2v) is 4.67. The Balaban J connectivity index is 2.38. The van der Waals surface area contributed by atoms with Crippen molar-refractivity contribution in [2.45, 2.75) is 0 Å². The van der Waals surface area contributed by atoms with Crippen molar-refractivity contribution in [3.8, 4) is 0 Å². The first-order chi connectivity index (χ1) is 7.93. The standard InChI is InChI=1S/C12H7N3S/c1-2-4-9-8(3-1)14-12-15(9)10-5-6-13-7-11(10)16-12/h1-7H. The molecule has 0 saturated heterocycles. The average Bonchev–Trinajstić information content (AvgIpc) is 2.83. The number of rotatable bonds is 0. The minimum absolute atomic E-state index is 1.03. The summed E-state index contributed by atoms with van der Waals surface area (Å²) < 4.78 is 3.37. The van der Waals surface area contributed by atoms with Gasteiger partial charge in [0.05, 0.1) is 21.3 Å². The molecule has 0 bridgehead atoms. The second-order valence-electron chi connectivity index (χ2n) is 3.66. The summed E-state index contributed by atoms with van der Waals surface area (Å²) in [5.74, 6) is 0. The number of hydrogen-bond acceptors (Lipinski definition) is 3. The first-order valence-electron chi connectivity index (χ1n) is 5.03. The van der Waals surface area contributed by atoms with Crippen LogP contribution in [0.5, 0.6) is 0 Å². The summed E-state index contributed by atoms with van der Waals surface area (Å²) in [5, 5.41) is 0. The minimum atomic E-state index is 1.03. The van der Waals surface area contributed by atoms with E-state index in [-0.39, 0.29) is 0 Å². The van der Waals surface area contributed by atoms with E-state index in [9.17, 15) is 0 Å². The molecule has 3 heterocycles. The van der Waals surface area contributed by atoms with Crippen molar-refractivity contribution in [3.05, 3.63) is 42.7 Å². The normalized spacial score (nSPS) is 11.8. The molecule has 0 amide bonds. The smallest absolute Gasteiger partial charge is 0.195 e. The molecule has 0 aliphatic heterocycles. The SMILES string of the molecule is c1ccc2c(c1)nc1sc3cnccc3n12. The van der Waals surface area contributed by atoms with Gasteiger partial charge < -0.3 is 0 Å². The number of hydrogen-bond donors (Lipinski definition) is 0. The molecule has 0 radical (unpaired) electrons.